The monoisotopic (exact) mass is 312 g/mol. The van der Waals surface area contributed by atoms with E-state index < -0.39 is 10.0 Å². The van der Waals surface area contributed by atoms with Crippen LogP contribution in [-0.4, -0.2) is 44.6 Å². The Morgan fingerprint density at radius 3 is 3.00 bits per heavy atom. The Morgan fingerprint density at radius 1 is 1.52 bits per heavy atom. The van der Waals surface area contributed by atoms with E-state index in [1.165, 1.54) is 7.05 Å². The van der Waals surface area contributed by atoms with Gasteiger partial charge >= 0.3 is 0 Å². The maximum atomic E-state index is 12.6. The van der Waals surface area contributed by atoms with Crippen LogP contribution in [0.25, 0.3) is 0 Å². The molecule has 6 nitrogen and oxygen atoms in total. The van der Waals surface area contributed by atoms with Gasteiger partial charge < -0.3 is 9.32 Å². The molecule has 2 aliphatic rings. The van der Waals surface area contributed by atoms with E-state index in [4.69, 9.17) is 4.42 Å². The molecule has 1 saturated heterocycles. The van der Waals surface area contributed by atoms with Gasteiger partial charge in [0.15, 0.2) is 0 Å². The number of carbonyl (C=O) groups is 1. The number of nitrogens with zero attached hydrogens (tertiary/aromatic N) is 1. The maximum absolute atomic E-state index is 12.6. The van der Waals surface area contributed by atoms with Crippen LogP contribution < -0.4 is 4.72 Å². The summed E-state index contributed by atoms with van der Waals surface area (Å²) in [5.74, 6) is 1.04. The van der Waals surface area contributed by atoms with Gasteiger partial charge in [0.1, 0.15) is 5.76 Å². The Kier molecular flexibility index (Phi) is 3.79. The average Bonchev–Trinajstić information content (AvgIpc) is 2.88. The molecule has 0 bridgehead atoms. The van der Waals surface area contributed by atoms with Gasteiger partial charge in [-0.3, -0.25) is 4.79 Å². The second-order valence-electron chi connectivity index (χ2n) is 5.78. The van der Waals surface area contributed by atoms with E-state index >= 15 is 0 Å². The lowest BCUT2D eigenvalue weighted by molar-refractivity contribution is -0.133. The number of furan rings is 1. The van der Waals surface area contributed by atoms with Crippen molar-refractivity contribution in [1.82, 2.24) is 9.62 Å². The topological polar surface area (TPSA) is 79.6 Å². The van der Waals surface area contributed by atoms with Gasteiger partial charge in [0, 0.05) is 24.4 Å². The van der Waals surface area contributed by atoms with E-state index in [1.54, 1.807) is 11.2 Å². The zero-order valence-corrected chi connectivity index (χ0v) is 12.8. The molecule has 1 aliphatic carbocycles. The zero-order chi connectivity index (χ0) is 15.0. The lowest BCUT2D eigenvalue weighted by Crippen LogP contribution is -2.42. The summed E-state index contributed by atoms with van der Waals surface area (Å²) < 4.78 is 31.1. The quantitative estimate of drug-likeness (QED) is 0.877. The van der Waals surface area contributed by atoms with E-state index in [0.29, 0.717) is 6.54 Å². The van der Waals surface area contributed by atoms with Crippen molar-refractivity contribution in [3.63, 3.8) is 0 Å². The number of amides is 1. The van der Waals surface area contributed by atoms with Gasteiger partial charge in [-0.1, -0.05) is 0 Å². The first-order valence-electron chi connectivity index (χ1n) is 7.27. The Balaban J connectivity index is 1.65. The van der Waals surface area contributed by atoms with Gasteiger partial charge in [0.25, 0.3) is 0 Å². The van der Waals surface area contributed by atoms with Gasteiger partial charge in [-0.2, -0.15) is 0 Å². The van der Waals surface area contributed by atoms with Crippen LogP contribution in [0.3, 0.4) is 0 Å². The molecule has 0 spiro atoms. The number of hydrogen-bond acceptors (Lipinski definition) is 4. The van der Waals surface area contributed by atoms with Crippen molar-refractivity contribution >= 4 is 15.9 Å². The summed E-state index contributed by atoms with van der Waals surface area (Å²) in [6.45, 7) is 0.657. The van der Waals surface area contributed by atoms with Gasteiger partial charge in [-0.25, -0.2) is 13.1 Å². The molecule has 1 amide bonds. The van der Waals surface area contributed by atoms with E-state index in [1.807, 2.05) is 12.1 Å². The molecule has 0 aromatic carbocycles. The Labute approximate surface area is 124 Å². The van der Waals surface area contributed by atoms with Crippen molar-refractivity contribution in [2.45, 2.75) is 31.2 Å². The lowest BCUT2D eigenvalue weighted by Gasteiger charge is -2.24. The third-order valence-electron chi connectivity index (χ3n) is 4.40. The highest BCUT2D eigenvalue weighted by molar-refractivity contribution is 7.89. The molecular formula is C14H20N2O4S. The molecule has 1 aromatic rings. The fourth-order valence-electron chi connectivity index (χ4n) is 3.13. The lowest BCUT2D eigenvalue weighted by atomic mass is 10.2. The van der Waals surface area contributed by atoms with Gasteiger partial charge in [0.05, 0.1) is 12.0 Å². The standard InChI is InChI=1S/C14H20N2O4S/c1-15-21(18,19)9-10-4-2-6-16(10)14(17)12-8-11(12)13-5-3-7-20-13/h3,5,7,10-12,15H,2,4,6,8-9H2,1H3/t10-,11+,12-/m0/s1. The number of rotatable bonds is 5. The summed E-state index contributed by atoms with van der Waals surface area (Å²) in [4.78, 5) is 14.3. The van der Waals surface area contributed by atoms with E-state index in [2.05, 4.69) is 4.72 Å². The number of likely N-dealkylation sites (tertiary alicyclic amines) is 1. The molecule has 1 N–H and O–H groups in total. The minimum Gasteiger partial charge on any atom is -0.469 e. The van der Waals surface area contributed by atoms with Crippen LogP contribution in [0, 0.1) is 5.92 Å². The fraction of sp³-hybridized carbons (Fsp3) is 0.643. The van der Waals surface area contributed by atoms with Crippen molar-refractivity contribution in [2.75, 3.05) is 19.3 Å². The Hall–Kier alpha value is -1.34. The van der Waals surface area contributed by atoms with Crippen LogP contribution in [-0.2, 0) is 14.8 Å². The Bertz CT molecular complexity index is 611. The summed E-state index contributed by atoms with van der Waals surface area (Å²) in [5, 5.41) is 0. The molecule has 116 valence electrons. The first kappa shape index (κ1) is 14.6. The highest BCUT2D eigenvalue weighted by Crippen LogP contribution is 2.49. The molecular weight excluding hydrogens is 292 g/mol. The smallest absolute Gasteiger partial charge is 0.226 e. The SMILES string of the molecule is CNS(=O)(=O)C[C@@H]1CCCN1C(=O)[C@H]1C[C@H]1c1ccco1. The van der Waals surface area contributed by atoms with Crippen LogP contribution in [0.4, 0.5) is 0 Å². The molecule has 1 aromatic heterocycles. The summed E-state index contributed by atoms with van der Waals surface area (Å²) >= 11 is 0. The summed E-state index contributed by atoms with van der Waals surface area (Å²) in [6, 6.07) is 3.52. The molecule has 2 heterocycles. The predicted molar refractivity (Wildman–Crippen MR) is 77.1 cm³/mol. The summed E-state index contributed by atoms with van der Waals surface area (Å²) in [7, 11) is -1.89. The average molecular weight is 312 g/mol. The van der Waals surface area contributed by atoms with Crippen LogP contribution in [0.1, 0.15) is 30.9 Å². The van der Waals surface area contributed by atoms with Crippen molar-refractivity contribution in [2.24, 2.45) is 5.92 Å². The third-order valence-corrected chi connectivity index (χ3v) is 5.84. The first-order valence-corrected chi connectivity index (χ1v) is 8.92. The second kappa shape index (κ2) is 5.46. The molecule has 2 fully saturated rings. The minimum absolute atomic E-state index is 0.00657. The number of sulfonamides is 1. The number of nitrogens with one attached hydrogen (secondary N) is 1. The largest absolute Gasteiger partial charge is 0.469 e. The van der Waals surface area contributed by atoms with Crippen LogP contribution in [0.2, 0.25) is 0 Å². The normalized spacial score (nSPS) is 28.8. The highest BCUT2D eigenvalue weighted by Gasteiger charge is 2.49. The van der Waals surface area contributed by atoms with Gasteiger partial charge in [0.2, 0.25) is 15.9 Å². The summed E-state index contributed by atoms with van der Waals surface area (Å²) in [6.07, 6.45) is 4.04. The van der Waals surface area contributed by atoms with E-state index in [9.17, 15) is 13.2 Å². The predicted octanol–water partition coefficient (Wildman–Crippen LogP) is 0.923. The van der Waals surface area contributed by atoms with Crippen molar-refractivity contribution < 1.29 is 17.6 Å². The Morgan fingerprint density at radius 2 is 2.33 bits per heavy atom. The fourth-order valence-corrected chi connectivity index (χ4v) is 4.15. The van der Waals surface area contributed by atoms with Gasteiger partial charge in [-0.05, 0) is 38.4 Å². The van der Waals surface area contributed by atoms with Crippen LogP contribution in [0.15, 0.2) is 22.8 Å². The molecule has 1 saturated carbocycles. The second-order valence-corrected chi connectivity index (χ2v) is 7.75. The van der Waals surface area contributed by atoms with E-state index in [0.717, 1.165) is 25.0 Å². The molecule has 3 atom stereocenters. The molecule has 21 heavy (non-hydrogen) atoms. The number of carbonyl (C=O) groups excluding carboxylic acids is 1. The van der Waals surface area contributed by atoms with Crippen molar-refractivity contribution in [3.05, 3.63) is 24.2 Å². The number of hydrogen-bond donors (Lipinski definition) is 1. The zero-order valence-electron chi connectivity index (χ0n) is 12.0. The molecule has 0 radical (unpaired) electrons. The maximum Gasteiger partial charge on any atom is 0.226 e. The molecule has 0 unspecified atom stereocenters. The first-order chi connectivity index (χ1) is 10.0. The molecule has 3 rings (SSSR count). The van der Waals surface area contributed by atoms with Crippen LogP contribution in [0.5, 0.6) is 0 Å². The third kappa shape index (κ3) is 2.98. The van der Waals surface area contributed by atoms with E-state index in [-0.39, 0.29) is 29.5 Å². The van der Waals surface area contributed by atoms with Crippen LogP contribution >= 0.6 is 0 Å². The highest BCUT2D eigenvalue weighted by atomic mass is 32.2. The van der Waals surface area contributed by atoms with Crippen molar-refractivity contribution in [1.29, 1.82) is 0 Å². The molecule has 1 aliphatic heterocycles. The summed E-state index contributed by atoms with van der Waals surface area (Å²) in [5.41, 5.74) is 0. The minimum atomic E-state index is -3.29. The van der Waals surface area contributed by atoms with Crippen molar-refractivity contribution in [3.8, 4) is 0 Å². The molecule has 7 heteroatoms. The van der Waals surface area contributed by atoms with Gasteiger partial charge in [-0.15, -0.1) is 0 Å².